The van der Waals surface area contributed by atoms with E-state index in [4.69, 9.17) is 4.55 Å². The molecular weight excluding hydrogens is 224 g/mol. The predicted molar refractivity (Wildman–Crippen MR) is 49.7 cm³/mol. The molecule has 84 valence electrons. The molecule has 0 saturated carbocycles. The van der Waals surface area contributed by atoms with Crippen molar-refractivity contribution >= 4 is 10.4 Å². The Balaban J connectivity index is 2.76. The predicted octanol–water partition coefficient (Wildman–Crippen LogP) is 0.603. The van der Waals surface area contributed by atoms with Gasteiger partial charge in [0.1, 0.15) is 0 Å². The second kappa shape index (κ2) is 4.25. The van der Waals surface area contributed by atoms with Gasteiger partial charge in [0.05, 0.1) is 0 Å². The molecular formula is C8H10O6S. The first-order valence-electron chi connectivity index (χ1n) is 3.94. The van der Waals surface area contributed by atoms with Crippen LogP contribution in [0.3, 0.4) is 0 Å². The highest BCUT2D eigenvalue weighted by molar-refractivity contribution is 7.80. The quantitative estimate of drug-likeness (QED) is 0.343. The molecule has 15 heavy (non-hydrogen) atoms. The average molecular weight is 234 g/mol. The van der Waals surface area contributed by atoms with E-state index in [9.17, 15) is 13.5 Å². The van der Waals surface area contributed by atoms with Gasteiger partial charge in [-0.3, -0.25) is 4.55 Å². The van der Waals surface area contributed by atoms with Crippen molar-refractivity contribution in [1.82, 2.24) is 0 Å². The summed E-state index contributed by atoms with van der Waals surface area (Å²) >= 11 is 0. The molecule has 0 amide bonds. The van der Waals surface area contributed by atoms with Gasteiger partial charge >= 0.3 is 10.4 Å². The lowest BCUT2D eigenvalue weighted by molar-refractivity contribution is -0.369. The maximum absolute atomic E-state index is 10.2. The van der Waals surface area contributed by atoms with Gasteiger partial charge in [-0.1, -0.05) is 34.7 Å². The maximum Gasteiger partial charge on any atom is 0.424 e. The first-order valence-corrected chi connectivity index (χ1v) is 5.30. The number of aliphatic hydroxyl groups is 1. The molecule has 0 aliphatic rings. The fourth-order valence-electron chi connectivity index (χ4n) is 0.905. The van der Waals surface area contributed by atoms with Crippen molar-refractivity contribution in [3.63, 3.8) is 0 Å². The van der Waals surface area contributed by atoms with Gasteiger partial charge in [0, 0.05) is 5.56 Å². The molecule has 1 aromatic carbocycles. The lowest BCUT2D eigenvalue weighted by Gasteiger charge is -2.20. The van der Waals surface area contributed by atoms with Crippen molar-refractivity contribution in [1.29, 1.82) is 0 Å². The maximum atomic E-state index is 10.2. The lowest BCUT2D eigenvalue weighted by Crippen LogP contribution is -2.26. The summed E-state index contributed by atoms with van der Waals surface area (Å²) in [5, 5.41) is 9.63. The van der Waals surface area contributed by atoms with E-state index in [1.165, 1.54) is 19.1 Å². The van der Waals surface area contributed by atoms with Crippen molar-refractivity contribution in [2.45, 2.75) is 12.7 Å². The van der Waals surface area contributed by atoms with Gasteiger partial charge in [-0.2, -0.15) is 13.3 Å². The zero-order valence-electron chi connectivity index (χ0n) is 7.82. The summed E-state index contributed by atoms with van der Waals surface area (Å²) in [6.07, 6.45) is 0. The summed E-state index contributed by atoms with van der Waals surface area (Å²) < 4.78 is 32.3. The highest BCUT2D eigenvalue weighted by Gasteiger charge is 2.27. The highest BCUT2D eigenvalue weighted by Crippen LogP contribution is 2.22. The molecule has 0 heterocycles. The topological polar surface area (TPSA) is 93.1 Å². The van der Waals surface area contributed by atoms with Gasteiger partial charge in [-0.25, -0.2) is 0 Å². The average Bonchev–Trinajstić information content (AvgIpc) is 2.16. The molecule has 0 fully saturated rings. The Morgan fingerprint density at radius 2 is 1.80 bits per heavy atom. The Hall–Kier alpha value is -0.990. The largest absolute Gasteiger partial charge is 0.424 e. The van der Waals surface area contributed by atoms with Crippen molar-refractivity contribution in [2.75, 3.05) is 0 Å². The molecule has 0 bridgehead atoms. The van der Waals surface area contributed by atoms with Crippen LogP contribution >= 0.6 is 0 Å². The van der Waals surface area contributed by atoms with E-state index in [0.29, 0.717) is 0 Å². The summed E-state index contributed by atoms with van der Waals surface area (Å²) in [5.41, 5.74) is 0.286. The van der Waals surface area contributed by atoms with E-state index in [1.54, 1.807) is 18.2 Å². The minimum Gasteiger partial charge on any atom is -0.360 e. The molecule has 0 radical (unpaired) electrons. The normalized spacial score (nSPS) is 15.9. The van der Waals surface area contributed by atoms with Crippen LogP contribution in [0.15, 0.2) is 30.3 Å². The van der Waals surface area contributed by atoms with E-state index in [1.807, 2.05) is 0 Å². The standard InChI is InChI=1S/C8H10O6S/c1-8(9,13-14-15(10,11)12)7-5-3-2-4-6-7/h2-6,9H,1H3,(H,10,11,12). The molecule has 2 N–H and O–H groups in total. The molecule has 0 aromatic heterocycles. The van der Waals surface area contributed by atoms with Crippen LogP contribution in [0.1, 0.15) is 12.5 Å². The number of rotatable bonds is 4. The summed E-state index contributed by atoms with van der Waals surface area (Å²) in [7, 11) is -4.75. The van der Waals surface area contributed by atoms with Crippen LogP contribution in [-0.2, 0) is 25.4 Å². The second-order valence-corrected chi connectivity index (χ2v) is 3.92. The molecule has 1 rings (SSSR count). The molecule has 0 aliphatic heterocycles. The summed E-state index contributed by atoms with van der Waals surface area (Å²) in [6, 6.07) is 7.98. The molecule has 0 aliphatic carbocycles. The SMILES string of the molecule is CC(O)(OOS(=O)(=O)O)c1ccccc1. The van der Waals surface area contributed by atoms with E-state index in [0.717, 1.165) is 0 Å². The molecule has 6 nitrogen and oxygen atoms in total. The van der Waals surface area contributed by atoms with E-state index in [-0.39, 0.29) is 5.56 Å². The second-order valence-electron chi connectivity index (χ2n) is 2.93. The van der Waals surface area contributed by atoms with Gasteiger partial charge < -0.3 is 5.11 Å². The Morgan fingerprint density at radius 3 is 2.27 bits per heavy atom. The molecule has 0 saturated heterocycles. The van der Waals surface area contributed by atoms with E-state index >= 15 is 0 Å². The van der Waals surface area contributed by atoms with Crippen molar-refractivity contribution in [3.8, 4) is 0 Å². The van der Waals surface area contributed by atoms with Gasteiger partial charge in [-0.15, -0.1) is 0 Å². The fourth-order valence-corrected chi connectivity index (χ4v) is 1.12. The first kappa shape index (κ1) is 12.1. The van der Waals surface area contributed by atoms with Crippen LogP contribution < -0.4 is 0 Å². The monoisotopic (exact) mass is 234 g/mol. The van der Waals surface area contributed by atoms with Crippen molar-refractivity contribution in [3.05, 3.63) is 35.9 Å². The molecule has 1 aromatic rings. The third kappa shape index (κ3) is 3.94. The van der Waals surface area contributed by atoms with Crippen LogP contribution in [-0.4, -0.2) is 18.1 Å². The number of hydrogen-bond acceptors (Lipinski definition) is 5. The van der Waals surface area contributed by atoms with Gasteiger partial charge in [0.25, 0.3) is 0 Å². The van der Waals surface area contributed by atoms with Crippen LogP contribution in [0.2, 0.25) is 0 Å². The Morgan fingerprint density at radius 1 is 1.27 bits per heavy atom. The lowest BCUT2D eigenvalue weighted by atomic mass is 10.1. The zero-order valence-corrected chi connectivity index (χ0v) is 8.64. The number of hydrogen-bond donors (Lipinski definition) is 2. The minimum absolute atomic E-state index is 0.286. The van der Waals surface area contributed by atoms with Crippen LogP contribution in [0, 0.1) is 0 Å². The van der Waals surface area contributed by atoms with Crippen LogP contribution in [0.25, 0.3) is 0 Å². The molecule has 0 spiro atoms. The van der Waals surface area contributed by atoms with Gasteiger partial charge in [-0.05, 0) is 6.92 Å². The number of benzene rings is 1. The highest BCUT2D eigenvalue weighted by atomic mass is 32.3. The summed E-state index contributed by atoms with van der Waals surface area (Å²) in [5.74, 6) is -1.96. The molecule has 1 unspecified atom stereocenters. The zero-order chi connectivity index (χ0) is 11.5. The van der Waals surface area contributed by atoms with Gasteiger partial charge in [0.2, 0.25) is 5.79 Å². The van der Waals surface area contributed by atoms with Gasteiger partial charge in [0.15, 0.2) is 0 Å². The Bertz CT molecular complexity index is 410. The Kier molecular flexibility index (Phi) is 3.42. The third-order valence-electron chi connectivity index (χ3n) is 1.59. The van der Waals surface area contributed by atoms with Crippen LogP contribution in [0.4, 0.5) is 0 Å². The first-order chi connectivity index (χ1) is 6.81. The van der Waals surface area contributed by atoms with E-state index < -0.39 is 16.2 Å². The minimum atomic E-state index is -4.75. The fraction of sp³-hybridized carbons (Fsp3) is 0.250. The molecule has 7 heteroatoms. The van der Waals surface area contributed by atoms with Crippen molar-refractivity contribution in [2.24, 2.45) is 0 Å². The van der Waals surface area contributed by atoms with E-state index in [2.05, 4.69) is 9.22 Å². The molecule has 1 atom stereocenters. The van der Waals surface area contributed by atoms with Crippen molar-refractivity contribution < 1.29 is 27.3 Å². The third-order valence-corrected chi connectivity index (χ3v) is 1.83. The van der Waals surface area contributed by atoms with Crippen LogP contribution in [0.5, 0.6) is 0 Å². The smallest absolute Gasteiger partial charge is 0.360 e. The summed E-state index contributed by atoms with van der Waals surface area (Å²) in [6.45, 7) is 1.17. The summed E-state index contributed by atoms with van der Waals surface area (Å²) in [4.78, 5) is 4.20. The Labute approximate surface area is 86.9 Å².